The first-order valence-corrected chi connectivity index (χ1v) is 7.95. The van der Waals surface area contributed by atoms with Crippen LogP contribution in [0.25, 0.3) is 11.3 Å². The molecule has 0 unspecified atom stereocenters. The maximum absolute atomic E-state index is 12.7. The molecule has 6 heteroatoms. The van der Waals surface area contributed by atoms with Crippen LogP contribution in [0.3, 0.4) is 0 Å². The van der Waals surface area contributed by atoms with Gasteiger partial charge in [-0.15, -0.1) is 5.10 Å². The number of rotatable bonds is 5. The van der Waals surface area contributed by atoms with Crippen LogP contribution in [0.15, 0.2) is 46.2 Å². The van der Waals surface area contributed by atoms with Crippen molar-refractivity contribution in [3.63, 3.8) is 0 Å². The summed E-state index contributed by atoms with van der Waals surface area (Å²) >= 11 is 0. The normalized spacial score (nSPS) is 11.2. The Labute approximate surface area is 133 Å². The summed E-state index contributed by atoms with van der Waals surface area (Å²) in [5.41, 5.74) is 1.55. The fraction of sp³-hybridized carbons (Fsp3) is 0.353. The molecule has 6 nitrogen and oxygen atoms in total. The maximum Gasteiger partial charge on any atom is 0.350 e. The smallest absolute Gasteiger partial charge is 0.280 e. The van der Waals surface area contributed by atoms with Crippen molar-refractivity contribution in [2.24, 2.45) is 0 Å². The van der Waals surface area contributed by atoms with E-state index in [9.17, 15) is 9.59 Å². The number of hydrogen-bond acceptors (Lipinski definition) is 3. The Bertz CT molecular complexity index is 949. The first kappa shape index (κ1) is 15.3. The van der Waals surface area contributed by atoms with Crippen LogP contribution < -0.4 is 11.2 Å². The molecule has 0 spiro atoms. The van der Waals surface area contributed by atoms with E-state index in [1.807, 2.05) is 24.3 Å². The summed E-state index contributed by atoms with van der Waals surface area (Å²) in [6.07, 6.45) is 5.95. The SMILES string of the molecule is CCCCn1nc2c(=O)n(-c3cccc(CC)c3)ccn2c1=O. The second kappa shape index (κ2) is 6.24. The molecule has 0 bridgehead atoms. The minimum Gasteiger partial charge on any atom is -0.280 e. The molecule has 3 aromatic rings. The van der Waals surface area contributed by atoms with Gasteiger partial charge in [-0.1, -0.05) is 32.4 Å². The summed E-state index contributed by atoms with van der Waals surface area (Å²) in [5.74, 6) is 0. The van der Waals surface area contributed by atoms with Gasteiger partial charge >= 0.3 is 11.2 Å². The Morgan fingerprint density at radius 3 is 2.70 bits per heavy atom. The van der Waals surface area contributed by atoms with Crippen molar-refractivity contribution in [3.8, 4) is 5.69 Å². The summed E-state index contributed by atoms with van der Waals surface area (Å²) in [6.45, 7) is 4.65. The standard InChI is InChI=1S/C17H20N4O2/c1-3-5-9-21-17(23)20-11-10-19(16(22)15(20)18-21)14-8-6-7-13(4-2)12-14/h6-8,10-12H,3-5,9H2,1-2H3. The summed E-state index contributed by atoms with van der Waals surface area (Å²) < 4.78 is 4.22. The molecule has 0 atom stereocenters. The molecule has 3 rings (SSSR count). The lowest BCUT2D eigenvalue weighted by Gasteiger charge is -2.06. The highest BCUT2D eigenvalue weighted by Crippen LogP contribution is 2.09. The van der Waals surface area contributed by atoms with Gasteiger partial charge in [0.15, 0.2) is 0 Å². The molecule has 0 aliphatic heterocycles. The largest absolute Gasteiger partial charge is 0.350 e. The van der Waals surface area contributed by atoms with E-state index in [4.69, 9.17) is 0 Å². The van der Waals surface area contributed by atoms with Gasteiger partial charge in [-0.25, -0.2) is 13.9 Å². The monoisotopic (exact) mass is 312 g/mol. The van der Waals surface area contributed by atoms with Crippen LogP contribution in [0, 0.1) is 0 Å². The molecule has 23 heavy (non-hydrogen) atoms. The summed E-state index contributed by atoms with van der Waals surface area (Å²) in [7, 11) is 0. The van der Waals surface area contributed by atoms with E-state index >= 15 is 0 Å². The second-order valence-electron chi connectivity index (χ2n) is 5.55. The van der Waals surface area contributed by atoms with Gasteiger partial charge in [0.2, 0.25) is 5.65 Å². The average molecular weight is 312 g/mol. The molecule has 0 N–H and O–H groups in total. The minimum absolute atomic E-state index is 0.163. The first-order valence-electron chi connectivity index (χ1n) is 7.95. The third-order valence-electron chi connectivity index (χ3n) is 3.97. The number of hydrogen-bond donors (Lipinski definition) is 0. The van der Waals surface area contributed by atoms with Crippen molar-refractivity contribution in [2.75, 3.05) is 0 Å². The highest BCUT2D eigenvalue weighted by molar-refractivity contribution is 5.41. The van der Waals surface area contributed by atoms with E-state index in [1.165, 1.54) is 13.6 Å². The molecule has 0 saturated heterocycles. The molecule has 0 radical (unpaired) electrons. The molecule has 0 aliphatic carbocycles. The summed E-state index contributed by atoms with van der Waals surface area (Å²) in [5, 5.41) is 4.21. The van der Waals surface area contributed by atoms with Crippen molar-refractivity contribution < 1.29 is 0 Å². The van der Waals surface area contributed by atoms with Crippen LogP contribution >= 0.6 is 0 Å². The van der Waals surface area contributed by atoms with Gasteiger partial charge in [0.1, 0.15) is 0 Å². The van der Waals surface area contributed by atoms with Crippen LogP contribution in [0.4, 0.5) is 0 Å². The second-order valence-corrected chi connectivity index (χ2v) is 5.55. The van der Waals surface area contributed by atoms with E-state index in [-0.39, 0.29) is 16.9 Å². The lowest BCUT2D eigenvalue weighted by molar-refractivity contribution is 0.554. The molecule has 0 aliphatic rings. The fourth-order valence-corrected chi connectivity index (χ4v) is 2.59. The number of aromatic nitrogens is 4. The highest BCUT2D eigenvalue weighted by Gasteiger charge is 2.12. The van der Waals surface area contributed by atoms with Crippen LogP contribution in [0.5, 0.6) is 0 Å². The van der Waals surface area contributed by atoms with Crippen molar-refractivity contribution >= 4 is 5.65 Å². The summed E-state index contributed by atoms with van der Waals surface area (Å²) in [4.78, 5) is 24.9. The number of nitrogens with zero attached hydrogens (tertiary/aromatic N) is 4. The van der Waals surface area contributed by atoms with Gasteiger partial charge in [0, 0.05) is 24.6 Å². The van der Waals surface area contributed by atoms with E-state index in [0.717, 1.165) is 30.5 Å². The number of fused-ring (bicyclic) bond motifs is 1. The quantitative estimate of drug-likeness (QED) is 0.724. The fourth-order valence-electron chi connectivity index (χ4n) is 2.59. The zero-order valence-corrected chi connectivity index (χ0v) is 13.4. The predicted molar refractivity (Wildman–Crippen MR) is 89.3 cm³/mol. The van der Waals surface area contributed by atoms with Crippen molar-refractivity contribution in [2.45, 2.75) is 39.7 Å². The van der Waals surface area contributed by atoms with Gasteiger partial charge in [-0.05, 0) is 30.5 Å². The Kier molecular flexibility index (Phi) is 4.14. The molecule has 120 valence electrons. The zero-order valence-electron chi connectivity index (χ0n) is 13.4. The number of benzene rings is 1. The lowest BCUT2D eigenvalue weighted by atomic mass is 10.1. The Balaban J connectivity index is 2.15. The molecule has 1 aromatic carbocycles. The van der Waals surface area contributed by atoms with E-state index in [0.29, 0.717) is 6.54 Å². The van der Waals surface area contributed by atoms with Crippen LogP contribution in [0.2, 0.25) is 0 Å². The third-order valence-corrected chi connectivity index (χ3v) is 3.97. The van der Waals surface area contributed by atoms with E-state index in [1.54, 1.807) is 12.4 Å². The van der Waals surface area contributed by atoms with Crippen LogP contribution in [0.1, 0.15) is 32.3 Å². The first-order chi connectivity index (χ1) is 11.2. The highest BCUT2D eigenvalue weighted by atomic mass is 16.2. The Morgan fingerprint density at radius 1 is 1.13 bits per heavy atom. The van der Waals surface area contributed by atoms with Gasteiger partial charge in [0.05, 0.1) is 0 Å². The molecule has 0 fully saturated rings. The van der Waals surface area contributed by atoms with Gasteiger partial charge in [-0.3, -0.25) is 9.36 Å². The molecule has 2 aromatic heterocycles. The molecular formula is C17H20N4O2. The molecule has 0 saturated carbocycles. The van der Waals surface area contributed by atoms with Crippen LogP contribution in [-0.4, -0.2) is 18.7 Å². The number of unbranched alkanes of at least 4 members (excludes halogenated alkanes) is 1. The van der Waals surface area contributed by atoms with Crippen molar-refractivity contribution in [1.82, 2.24) is 18.7 Å². The predicted octanol–water partition coefficient (Wildman–Crippen LogP) is 2.01. The maximum atomic E-state index is 12.7. The van der Waals surface area contributed by atoms with Crippen molar-refractivity contribution in [3.05, 3.63) is 63.1 Å². The van der Waals surface area contributed by atoms with E-state index in [2.05, 4.69) is 18.9 Å². The molecule has 0 amide bonds. The van der Waals surface area contributed by atoms with Gasteiger partial charge in [0.25, 0.3) is 0 Å². The van der Waals surface area contributed by atoms with Gasteiger partial charge < -0.3 is 0 Å². The zero-order chi connectivity index (χ0) is 16.4. The van der Waals surface area contributed by atoms with Gasteiger partial charge in [-0.2, -0.15) is 0 Å². The van der Waals surface area contributed by atoms with Crippen molar-refractivity contribution in [1.29, 1.82) is 0 Å². The average Bonchev–Trinajstić information content (AvgIpc) is 2.90. The Hall–Kier alpha value is -2.63. The topological polar surface area (TPSA) is 61.3 Å². The molecular weight excluding hydrogens is 292 g/mol. The van der Waals surface area contributed by atoms with E-state index < -0.39 is 0 Å². The minimum atomic E-state index is -0.284. The lowest BCUT2D eigenvalue weighted by Crippen LogP contribution is -2.24. The molecule has 2 heterocycles. The third kappa shape index (κ3) is 2.72. The Morgan fingerprint density at radius 2 is 1.96 bits per heavy atom. The van der Waals surface area contributed by atoms with Crippen LogP contribution in [-0.2, 0) is 13.0 Å². The number of aryl methyl sites for hydroxylation is 2. The summed E-state index contributed by atoms with van der Waals surface area (Å²) in [6, 6.07) is 7.81.